The fourth-order valence-electron chi connectivity index (χ4n) is 4.53. The number of aliphatic carboxylic acids is 1. The van der Waals surface area contributed by atoms with Crippen molar-refractivity contribution in [1.29, 1.82) is 0 Å². The molecule has 2 amide bonds. The molecule has 2 N–H and O–H groups in total. The van der Waals surface area contributed by atoms with Crippen LogP contribution >= 0.6 is 0 Å². The Hall–Kier alpha value is -3.35. The number of hydrogen-bond acceptors (Lipinski definition) is 4. The van der Waals surface area contributed by atoms with Crippen molar-refractivity contribution in [2.75, 3.05) is 20.2 Å². The average molecular weight is 451 g/mol. The first-order valence-electron chi connectivity index (χ1n) is 11.5. The summed E-state index contributed by atoms with van der Waals surface area (Å²) in [6, 6.07) is 15.6. The molecule has 0 radical (unpaired) electrons. The van der Waals surface area contributed by atoms with Crippen LogP contribution in [0.1, 0.15) is 49.1 Å². The number of amides is 2. The molecule has 1 fully saturated rings. The van der Waals surface area contributed by atoms with Gasteiger partial charge >= 0.3 is 12.1 Å². The van der Waals surface area contributed by atoms with Gasteiger partial charge in [-0.25, -0.2) is 4.79 Å². The summed E-state index contributed by atoms with van der Waals surface area (Å²) in [6.45, 7) is 0.525. The van der Waals surface area contributed by atoms with E-state index in [9.17, 15) is 14.4 Å². The highest BCUT2D eigenvalue weighted by Crippen LogP contribution is 2.44. The highest BCUT2D eigenvalue weighted by Gasteiger charge is 2.33. The quantitative estimate of drug-likeness (QED) is 0.570. The van der Waals surface area contributed by atoms with Gasteiger partial charge in [-0.2, -0.15) is 0 Å². The summed E-state index contributed by atoms with van der Waals surface area (Å²) < 4.78 is 5.62. The molecule has 7 nitrogen and oxygen atoms in total. The second kappa shape index (κ2) is 10.1. The van der Waals surface area contributed by atoms with Crippen LogP contribution in [-0.4, -0.2) is 54.2 Å². The van der Waals surface area contributed by atoms with E-state index in [1.807, 2.05) is 24.3 Å². The molecule has 1 saturated carbocycles. The third kappa shape index (κ3) is 5.53. The van der Waals surface area contributed by atoms with Crippen LogP contribution in [0.3, 0.4) is 0 Å². The van der Waals surface area contributed by atoms with E-state index in [1.54, 1.807) is 7.05 Å². The maximum atomic E-state index is 12.9. The lowest BCUT2D eigenvalue weighted by Gasteiger charge is -2.24. The number of carbonyl (C=O) groups excluding carboxylic acids is 2. The third-order valence-electron chi connectivity index (χ3n) is 6.46. The molecule has 0 saturated heterocycles. The second-order valence-corrected chi connectivity index (χ2v) is 8.96. The predicted octanol–water partition coefficient (Wildman–Crippen LogP) is 4.02. The van der Waals surface area contributed by atoms with E-state index in [4.69, 9.17) is 9.84 Å². The molecule has 33 heavy (non-hydrogen) atoms. The van der Waals surface area contributed by atoms with Gasteiger partial charge in [0, 0.05) is 25.9 Å². The van der Waals surface area contributed by atoms with Crippen LogP contribution in [0, 0.1) is 5.92 Å². The van der Waals surface area contributed by atoms with Crippen LogP contribution in [0.5, 0.6) is 0 Å². The molecule has 0 spiro atoms. The first-order chi connectivity index (χ1) is 15.9. The lowest BCUT2D eigenvalue weighted by Crippen LogP contribution is -2.48. The molecular weight excluding hydrogens is 420 g/mol. The van der Waals surface area contributed by atoms with Gasteiger partial charge in [-0.1, -0.05) is 61.4 Å². The first kappa shape index (κ1) is 22.8. The van der Waals surface area contributed by atoms with Gasteiger partial charge in [0.15, 0.2) is 0 Å². The summed E-state index contributed by atoms with van der Waals surface area (Å²) in [5.41, 5.74) is 4.59. The van der Waals surface area contributed by atoms with Gasteiger partial charge in [0.05, 0.1) is 0 Å². The van der Waals surface area contributed by atoms with E-state index in [2.05, 4.69) is 29.6 Å². The molecular formula is C26H30N2O5. The number of hydrogen-bond donors (Lipinski definition) is 2. The Morgan fingerprint density at radius 2 is 1.67 bits per heavy atom. The molecule has 174 valence electrons. The summed E-state index contributed by atoms with van der Waals surface area (Å²) in [5.74, 6) is -0.706. The number of nitrogens with zero attached hydrogens (tertiary/aromatic N) is 1. The molecule has 0 heterocycles. The number of carbonyl (C=O) groups is 3. The number of rotatable bonds is 10. The van der Waals surface area contributed by atoms with Crippen molar-refractivity contribution >= 4 is 18.0 Å². The Labute approximate surface area is 193 Å². The smallest absolute Gasteiger partial charge is 0.407 e. The van der Waals surface area contributed by atoms with Gasteiger partial charge in [0.2, 0.25) is 5.91 Å². The van der Waals surface area contributed by atoms with Crippen molar-refractivity contribution in [3.63, 3.8) is 0 Å². The van der Waals surface area contributed by atoms with Crippen molar-refractivity contribution < 1.29 is 24.2 Å². The van der Waals surface area contributed by atoms with Crippen LogP contribution in [-0.2, 0) is 14.3 Å². The maximum absolute atomic E-state index is 12.9. The summed E-state index contributed by atoms with van der Waals surface area (Å²) in [7, 11) is 1.64. The van der Waals surface area contributed by atoms with Crippen LogP contribution in [0.4, 0.5) is 4.79 Å². The van der Waals surface area contributed by atoms with Crippen LogP contribution < -0.4 is 5.32 Å². The zero-order chi connectivity index (χ0) is 23.4. The van der Waals surface area contributed by atoms with Crippen LogP contribution in [0.2, 0.25) is 0 Å². The number of carboxylic acids is 1. The van der Waals surface area contributed by atoms with Gasteiger partial charge in [-0.3, -0.25) is 9.59 Å². The molecule has 2 aliphatic carbocycles. The van der Waals surface area contributed by atoms with Crippen molar-refractivity contribution in [2.45, 2.75) is 44.1 Å². The summed E-state index contributed by atoms with van der Waals surface area (Å²) in [4.78, 5) is 37.8. The van der Waals surface area contributed by atoms with Crippen molar-refractivity contribution in [2.24, 2.45) is 5.92 Å². The Bertz CT molecular complexity index is 987. The van der Waals surface area contributed by atoms with Gasteiger partial charge in [0.1, 0.15) is 12.6 Å². The van der Waals surface area contributed by atoms with Crippen molar-refractivity contribution in [3.8, 4) is 11.1 Å². The number of benzene rings is 2. The minimum atomic E-state index is -0.887. The zero-order valence-corrected chi connectivity index (χ0v) is 18.8. The van der Waals surface area contributed by atoms with E-state index in [1.165, 1.54) is 4.90 Å². The van der Waals surface area contributed by atoms with E-state index < -0.39 is 18.1 Å². The highest BCUT2D eigenvalue weighted by atomic mass is 16.5. The fourth-order valence-corrected chi connectivity index (χ4v) is 4.53. The van der Waals surface area contributed by atoms with E-state index >= 15 is 0 Å². The maximum Gasteiger partial charge on any atom is 0.407 e. The van der Waals surface area contributed by atoms with Crippen LogP contribution in [0.25, 0.3) is 11.1 Å². The van der Waals surface area contributed by atoms with E-state index in [0.29, 0.717) is 25.3 Å². The Kier molecular flexibility index (Phi) is 6.96. The number of alkyl carbamates (subject to hydrolysis) is 1. The fraction of sp³-hybridized carbons (Fsp3) is 0.423. The predicted molar refractivity (Wildman–Crippen MR) is 124 cm³/mol. The number of carboxylic acid groups (broad SMARTS) is 1. The minimum Gasteiger partial charge on any atom is -0.481 e. The molecule has 1 unspecified atom stereocenters. The molecule has 2 aromatic rings. The Morgan fingerprint density at radius 1 is 1.06 bits per heavy atom. The molecule has 7 heteroatoms. The molecule has 0 aromatic heterocycles. The zero-order valence-electron chi connectivity index (χ0n) is 18.8. The lowest BCUT2D eigenvalue weighted by molar-refractivity contribution is -0.138. The Morgan fingerprint density at radius 3 is 2.24 bits per heavy atom. The number of fused-ring (bicyclic) bond motifs is 3. The number of likely N-dealkylation sites (N-methyl/N-ethyl adjacent to an activating group) is 1. The molecule has 2 aliphatic rings. The van der Waals surface area contributed by atoms with Gasteiger partial charge in [0.25, 0.3) is 0 Å². The standard InChI is InChI=1S/C26H30N2O5/c1-28(14-6-11-24(29)30)25(31)23(15-17-12-13-17)27-26(32)33-16-22-20-9-4-2-7-18(20)19-8-3-5-10-21(19)22/h2-5,7-10,17,22-23H,6,11-16H2,1H3,(H,27,32)(H,29,30). The van der Waals surface area contributed by atoms with E-state index in [-0.39, 0.29) is 24.9 Å². The van der Waals surface area contributed by atoms with Gasteiger partial charge in [-0.15, -0.1) is 0 Å². The minimum absolute atomic E-state index is 0.00468. The molecule has 4 rings (SSSR count). The largest absolute Gasteiger partial charge is 0.481 e. The SMILES string of the molecule is CN(CCCC(=O)O)C(=O)C(CC1CC1)NC(=O)OCC1c2ccccc2-c2ccccc21. The van der Waals surface area contributed by atoms with Gasteiger partial charge < -0.3 is 20.1 Å². The second-order valence-electron chi connectivity index (χ2n) is 8.96. The summed E-state index contributed by atoms with van der Waals surface area (Å²) >= 11 is 0. The number of ether oxygens (including phenoxy) is 1. The average Bonchev–Trinajstić information content (AvgIpc) is 3.57. The third-order valence-corrected chi connectivity index (χ3v) is 6.46. The molecule has 2 aromatic carbocycles. The summed E-state index contributed by atoms with van der Waals surface area (Å²) in [6.07, 6.45) is 2.46. The van der Waals surface area contributed by atoms with Crippen LogP contribution in [0.15, 0.2) is 48.5 Å². The normalized spacial score (nSPS) is 15.3. The monoisotopic (exact) mass is 450 g/mol. The van der Waals surface area contributed by atoms with Crippen molar-refractivity contribution in [1.82, 2.24) is 10.2 Å². The highest BCUT2D eigenvalue weighted by molar-refractivity contribution is 5.85. The topological polar surface area (TPSA) is 95.9 Å². The lowest BCUT2D eigenvalue weighted by atomic mass is 9.98. The van der Waals surface area contributed by atoms with Crippen molar-refractivity contribution in [3.05, 3.63) is 59.7 Å². The Balaban J connectivity index is 1.37. The molecule has 1 atom stereocenters. The first-order valence-corrected chi connectivity index (χ1v) is 11.5. The van der Waals surface area contributed by atoms with Gasteiger partial charge in [-0.05, 0) is 41.0 Å². The number of nitrogens with one attached hydrogen (secondary N) is 1. The van der Waals surface area contributed by atoms with E-state index in [0.717, 1.165) is 35.1 Å². The molecule has 0 aliphatic heterocycles. The summed E-state index contributed by atoms with van der Waals surface area (Å²) in [5, 5.41) is 11.6. The molecule has 0 bridgehead atoms.